The van der Waals surface area contributed by atoms with Crippen LogP contribution < -0.4 is 4.72 Å². The minimum atomic E-state index is -1.25. The van der Waals surface area contributed by atoms with Crippen LogP contribution in [0.1, 0.15) is 51.0 Å². The largest absolute Gasteiger partial charge is 0.598 e. The van der Waals surface area contributed by atoms with Gasteiger partial charge in [0.1, 0.15) is 4.75 Å². The molecule has 0 unspecified atom stereocenters. The second-order valence-electron chi connectivity index (χ2n) is 10.3. The fourth-order valence-electron chi connectivity index (χ4n) is 4.38. The molecule has 0 bridgehead atoms. The molecule has 2 N–H and O–H groups in total. The van der Waals surface area contributed by atoms with E-state index >= 15 is 0 Å². The molecule has 4 aromatic rings. The van der Waals surface area contributed by atoms with Gasteiger partial charge in [0.2, 0.25) is 0 Å². The van der Waals surface area contributed by atoms with Crippen molar-refractivity contribution < 1.29 is 9.66 Å². The highest BCUT2D eigenvalue weighted by atomic mass is 32.2. The molecule has 1 aliphatic carbocycles. The summed E-state index contributed by atoms with van der Waals surface area (Å²) in [5.41, 5.74) is 4.54. The van der Waals surface area contributed by atoms with Crippen LogP contribution in [0.15, 0.2) is 60.8 Å². The number of aliphatic hydroxyl groups excluding tert-OH is 1. The van der Waals surface area contributed by atoms with E-state index in [1.54, 1.807) is 0 Å². The molecule has 5 rings (SSSR count). The zero-order valence-corrected chi connectivity index (χ0v) is 21.3. The Morgan fingerprint density at radius 1 is 1.09 bits per heavy atom. The lowest BCUT2D eigenvalue weighted by molar-refractivity contribution is 0.0273. The SMILES string of the molecule is Cc1cccc(-n2ncc3ccc(-c4cccc([C@@H](N[S@+]([O-])C(C)(C)C)C5CC(O)C5)n4)cc32)n1. The molecule has 0 spiro atoms. The van der Waals surface area contributed by atoms with Crippen LogP contribution in [-0.2, 0) is 11.4 Å². The highest BCUT2D eigenvalue weighted by molar-refractivity contribution is 7.90. The smallest absolute Gasteiger partial charge is 0.154 e. The Morgan fingerprint density at radius 3 is 2.57 bits per heavy atom. The summed E-state index contributed by atoms with van der Waals surface area (Å²) in [5.74, 6) is 0.965. The molecular formula is C27H31N5O2S. The van der Waals surface area contributed by atoms with Gasteiger partial charge in [-0.05, 0) is 76.8 Å². The Morgan fingerprint density at radius 2 is 1.86 bits per heavy atom. The Bertz CT molecular complexity index is 1340. The van der Waals surface area contributed by atoms with E-state index in [0.717, 1.165) is 39.4 Å². The summed E-state index contributed by atoms with van der Waals surface area (Å²) < 4.78 is 17.7. The van der Waals surface area contributed by atoms with Gasteiger partial charge in [0.15, 0.2) is 5.82 Å². The molecule has 3 heterocycles. The van der Waals surface area contributed by atoms with E-state index in [1.807, 2.05) is 87.1 Å². The van der Waals surface area contributed by atoms with Gasteiger partial charge >= 0.3 is 0 Å². The van der Waals surface area contributed by atoms with Crippen LogP contribution in [0.3, 0.4) is 0 Å². The van der Waals surface area contributed by atoms with Crippen molar-refractivity contribution in [3.05, 3.63) is 72.2 Å². The van der Waals surface area contributed by atoms with Gasteiger partial charge in [-0.15, -0.1) is 4.72 Å². The minimum absolute atomic E-state index is 0.190. The highest BCUT2D eigenvalue weighted by Gasteiger charge is 2.40. The summed E-state index contributed by atoms with van der Waals surface area (Å²) in [6, 6.07) is 17.8. The molecule has 1 saturated carbocycles. The predicted octanol–water partition coefficient (Wildman–Crippen LogP) is 4.65. The Balaban J connectivity index is 1.50. The average molecular weight is 490 g/mol. The molecule has 1 aromatic carbocycles. The number of nitrogens with zero attached hydrogens (tertiary/aromatic N) is 4. The average Bonchev–Trinajstić information content (AvgIpc) is 3.23. The van der Waals surface area contributed by atoms with E-state index in [4.69, 9.17) is 4.98 Å². The molecule has 3 aromatic heterocycles. The van der Waals surface area contributed by atoms with Gasteiger partial charge in [-0.25, -0.2) is 9.67 Å². The van der Waals surface area contributed by atoms with E-state index < -0.39 is 16.1 Å². The summed E-state index contributed by atoms with van der Waals surface area (Å²) in [7, 11) is 0. The van der Waals surface area contributed by atoms with E-state index in [9.17, 15) is 9.66 Å². The van der Waals surface area contributed by atoms with Crippen LogP contribution in [0.4, 0.5) is 0 Å². The first-order chi connectivity index (χ1) is 16.7. The summed E-state index contributed by atoms with van der Waals surface area (Å²) in [4.78, 5) is 9.61. The molecule has 0 radical (unpaired) electrons. The maximum Gasteiger partial charge on any atom is 0.154 e. The van der Waals surface area contributed by atoms with Crippen molar-refractivity contribution in [2.45, 2.75) is 57.4 Å². The van der Waals surface area contributed by atoms with Gasteiger partial charge in [-0.1, -0.05) is 24.3 Å². The molecule has 0 aliphatic heterocycles. The fraction of sp³-hybridized carbons (Fsp3) is 0.370. The van der Waals surface area contributed by atoms with Crippen LogP contribution in [0.5, 0.6) is 0 Å². The van der Waals surface area contributed by atoms with Gasteiger partial charge in [0, 0.05) is 28.0 Å². The maximum atomic E-state index is 12.9. The lowest BCUT2D eigenvalue weighted by Crippen LogP contribution is -2.46. The third-order valence-corrected chi connectivity index (χ3v) is 8.04. The van der Waals surface area contributed by atoms with Crippen molar-refractivity contribution in [2.75, 3.05) is 0 Å². The van der Waals surface area contributed by atoms with E-state index in [1.165, 1.54) is 0 Å². The monoisotopic (exact) mass is 489 g/mol. The summed E-state index contributed by atoms with van der Waals surface area (Å²) in [5, 5.41) is 15.5. The van der Waals surface area contributed by atoms with Crippen molar-refractivity contribution >= 4 is 22.3 Å². The first-order valence-electron chi connectivity index (χ1n) is 11.9. The quantitative estimate of drug-likeness (QED) is 0.383. The molecule has 35 heavy (non-hydrogen) atoms. The standard InChI is InChI=1S/C27H31N5O2S/c1-17-7-5-10-25(29-17)32-24-15-18(11-12-19(24)16-28-32)22-8-6-9-23(30-22)26(20-13-21(33)14-20)31-35(34)27(2,3)4/h5-12,15-16,20-21,26,31,33H,13-14H2,1-4H3/t20?,21?,26-,35+/m0/s1. The number of aliphatic hydroxyl groups is 1. The highest BCUT2D eigenvalue weighted by Crippen LogP contribution is 2.39. The molecule has 8 heteroatoms. The first-order valence-corrected chi connectivity index (χ1v) is 13.1. The van der Waals surface area contributed by atoms with Gasteiger partial charge in [0.25, 0.3) is 0 Å². The zero-order valence-electron chi connectivity index (χ0n) is 20.5. The summed E-state index contributed by atoms with van der Waals surface area (Å²) >= 11 is -1.25. The van der Waals surface area contributed by atoms with Gasteiger partial charge in [-0.3, -0.25) is 4.98 Å². The number of fused-ring (bicyclic) bond motifs is 1. The predicted molar refractivity (Wildman–Crippen MR) is 139 cm³/mol. The molecule has 2 atom stereocenters. The van der Waals surface area contributed by atoms with Crippen molar-refractivity contribution in [1.29, 1.82) is 0 Å². The number of aromatic nitrogens is 4. The normalized spacial score (nSPS) is 19.9. The van der Waals surface area contributed by atoms with Gasteiger partial charge in [-0.2, -0.15) is 5.10 Å². The third kappa shape index (κ3) is 4.97. The van der Waals surface area contributed by atoms with E-state index in [-0.39, 0.29) is 18.1 Å². The number of nitrogens with one attached hydrogen (secondary N) is 1. The molecule has 182 valence electrons. The Kier molecular flexibility index (Phi) is 6.40. The minimum Gasteiger partial charge on any atom is -0.598 e. The van der Waals surface area contributed by atoms with E-state index in [0.29, 0.717) is 12.8 Å². The van der Waals surface area contributed by atoms with Gasteiger partial charge in [0.05, 0.1) is 35.2 Å². The lowest BCUT2D eigenvalue weighted by Gasteiger charge is -2.38. The van der Waals surface area contributed by atoms with Crippen molar-refractivity contribution in [1.82, 2.24) is 24.5 Å². The number of benzene rings is 1. The molecule has 0 saturated heterocycles. The number of aryl methyl sites for hydroxylation is 1. The molecule has 1 aliphatic rings. The van der Waals surface area contributed by atoms with Crippen molar-refractivity contribution in [3.8, 4) is 17.1 Å². The zero-order chi connectivity index (χ0) is 24.7. The van der Waals surface area contributed by atoms with Crippen molar-refractivity contribution in [2.24, 2.45) is 5.92 Å². The number of pyridine rings is 2. The molecule has 7 nitrogen and oxygen atoms in total. The third-order valence-electron chi connectivity index (χ3n) is 6.46. The topological polar surface area (TPSA) is 98.9 Å². The van der Waals surface area contributed by atoms with Crippen molar-refractivity contribution in [3.63, 3.8) is 0 Å². The van der Waals surface area contributed by atoms with Crippen LogP contribution in [0.2, 0.25) is 0 Å². The Labute approximate surface area is 208 Å². The van der Waals surface area contributed by atoms with Crippen LogP contribution >= 0.6 is 0 Å². The first kappa shape index (κ1) is 23.9. The number of hydrogen-bond donors (Lipinski definition) is 2. The molecular weight excluding hydrogens is 458 g/mol. The van der Waals surface area contributed by atoms with E-state index in [2.05, 4.69) is 20.9 Å². The second-order valence-corrected chi connectivity index (χ2v) is 12.3. The second kappa shape index (κ2) is 9.35. The maximum absolute atomic E-state index is 12.9. The number of hydrogen-bond acceptors (Lipinski definition) is 6. The van der Waals surface area contributed by atoms with Crippen LogP contribution in [-0.4, -0.2) is 40.3 Å². The number of rotatable bonds is 6. The van der Waals surface area contributed by atoms with Crippen LogP contribution in [0.25, 0.3) is 28.0 Å². The van der Waals surface area contributed by atoms with Crippen LogP contribution in [0, 0.1) is 12.8 Å². The molecule has 1 fully saturated rings. The summed E-state index contributed by atoms with van der Waals surface area (Å²) in [6.07, 6.45) is 2.91. The lowest BCUT2D eigenvalue weighted by atomic mass is 9.76. The van der Waals surface area contributed by atoms with Gasteiger partial charge < -0.3 is 9.66 Å². The fourth-order valence-corrected chi connectivity index (χ4v) is 5.28. The molecule has 0 amide bonds. The summed E-state index contributed by atoms with van der Waals surface area (Å²) in [6.45, 7) is 7.82. The Hall–Kier alpha value is -2.78.